The first-order chi connectivity index (χ1) is 11.2. The van der Waals surface area contributed by atoms with Gasteiger partial charge < -0.3 is 9.88 Å². The van der Waals surface area contributed by atoms with Crippen LogP contribution in [0.15, 0.2) is 54.6 Å². The van der Waals surface area contributed by atoms with E-state index >= 15 is 0 Å². The molecule has 23 heavy (non-hydrogen) atoms. The Hall–Kier alpha value is -2.66. The zero-order valence-electron chi connectivity index (χ0n) is 12.9. The second kappa shape index (κ2) is 5.21. The summed E-state index contributed by atoms with van der Waals surface area (Å²) in [6, 6.07) is 18.2. The van der Waals surface area contributed by atoms with Gasteiger partial charge >= 0.3 is 0 Å². The number of hydrogen-bond donors (Lipinski definition) is 1. The summed E-state index contributed by atoms with van der Waals surface area (Å²) in [5.74, 6) is 0.899. The molecule has 2 heterocycles. The number of para-hydroxylation sites is 3. The molecule has 0 bridgehead atoms. The molecule has 0 unspecified atom stereocenters. The number of fused-ring (bicyclic) bond motifs is 3. The lowest BCUT2D eigenvalue weighted by Crippen LogP contribution is -2.14. The van der Waals surface area contributed by atoms with E-state index in [9.17, 15) is 0 Å². The fraction of sp³-hybridized carbons (Fsp3) is 0.111. The zero-order chi connectivity index (χ0) is 16.0. The number of aromatic nitrogens is 3. The summed E-state index contributed by atoms with van der Waals surface area (Å²) in [4.78, 5) is 5.39. The molecule has 0 fully saturated rings. The van der Waals surface area contributed by atoms with Crippen LogP contribution in [-0.4, -0.2) is 18.9 Å². The minimum atomic E-state index is 0.678. The molecular formula is C18H16N4S. The van der Waals surface area contributed by atoms with Crippen LogP contribution in [0, 0.1) is 6.92 Å². The SMILES string of the molecule is Cc1nc2n(C)c3ccccc3n2c1C(=S)Nc1ccccc1. The lowest BCUT2D eigenvalue weighted by molar-refractivity contribution is 0.967. The van der Waals surface area contributed by atoms with Crippen molar-refractivity contribution in [1.82, 2.24) is 14.0 Å². The Kier molecular flexibility index (Phi) is 3.16. The van der Waals surface area contributed by atoms with Gasteiger partial charge in [-0.3, -0.25) is 4.40 Å². The number of rotatable bonds is 2. The topological polar surface area (TPSA) is 34.3 Å². The Morgan fingerprint density at radius 1 is 1.00 bits per heavy atom. The molecule has 1 N–H and O–H groups in total. The number of hydrogen-bond acceptors (Lipinski definition) is 2. The van der Waals surface area contributed by atoms with E-state index in [0.717, 1.165) is 33.9 Å². The van der Waals surface area contributed by atoms with Crippen molar-refractivity contribution in [2.75, 3.05) is 5.32 Å². The molecule has 4 aromatic rings. The van der Waals surface area contributed by atoms with E-state index in [-0.39, 0.29) is 0 Å². The molecule has 0 aliphatic rings. The van der Waals surface area contributed by atoms with Crippen molar-refractivity contribution in [3.8, 4) is 0 Å². The maximum Gasteiger partial charge on any atom is 0.215 e. The monoisotopic (exact) mass is 320 g/mol. The predicted octanol–water partition coefficient (Wildman–Crippen LogP) is 3.92. The number of anilines is 1. The van der Waals surface area contributed by atoms with Crippen molar-refractivity contribution in [2.45, 2.75) is 6.92 Å². The van der Waals surface area contributed by atoms with Crippen molar-refractivity contribution in [3.63, 3.8) is 0 Å². The van der Waals surface area contributed by atoms with Crippen molar-refractivity contribution in [3.05, 3.63) is 66.0 Å². The highest BCUT2D eigenvalue weighted by molar-refractivity contribution is 7.81. The summed E-state index contributed by atoms with van der Waals surface area (Å²) in [7, 11) is 2.03. The molecule has 114 valence electrons. The van der Waals surface area contributed by atoms with Gasteiger partial charge in [0.05, 0.1) is 16.7 Å². The highest BCUT2D eigenvalue weighted by atomic mass is 32.1. The molecule has 4 nitrogen and oxygen atoms in total. The first kappa shape index (κ1) is 14.0. The molecule has 0 aliphatic heterocycles. The number of aryl methyl sites for hydroxylation is 2. The lowest BCUT2D eigenvalue weighted by Gasteiger charge is -2.08. The summed E-state index contributed by atoms with van der Waals surface area (Å²) >= 11 is 5.66. The third kappa shape index (κ3) is 2.12. The van der Waals surface area contributed by atoms with E-state index in [4.69, 9.17) is 17.2 Å². The number of thiocarbonyl (C=S) groups is 1. The summed E-state index contributed by atoms with van der Waals surface area (Å²) in [5, 5.41) is 3.31. The minimum absolute atomic E-state index is 0.678. The lowest BCUT2D eigenvalue weighted by atomic mass is 10.2. The molecule has 2 aromatic heterocycles. The van der Waals surface area contributed by atoms with Crippen LogP contribution in [0.5, 0.6) is 0 Å². The maximum absolute atomic E-state index is 5.66. The van der Waals surface area contributed by atoms with Gasteiger partial charge in [0.2, 0.25) is 5.78 Å². The van der Waals surface area contributed by atoms with Gasteiger partial charge in [0.25, 0.3) is 0 Å². The van der Waals surface area contributed by atoms with Crippen LogP contribution in [0.3, 0.4) is 0 Å². The minimum Gasteiger partial charge on any atom is -0.345 e. The summed E-state index contributed by atoms with van der Waals surface area (Å²) in [6.07, 6.45) is 0. The third-order valence-corrected chi connectivity index (χ3v) is 4.36. The molecule has 0 aliphatic carbocycles. The van der Waals surface area contributed by atoms with Gasteiger partial charge in [-0.05, 0) is 31.2 Å². The van der Waals surface area contributed by atoms with Gasteiger partial charge in [0.1, 0.15) is 10.7 Å². The van der Waals surface area contributed by atoms with Crippen molar-refractivity contribution >= 4 is 39.7 Å². The third-order valence-electron chi connectivity index (χ3n) is 4.06. The van der Waals surface area contributed by atoms with Gasteiger partial charge in [-0.2, -0.15) is 0 Å². The fourth-order valence-electron chi connectivity index (χ4n) is 2.99. The molecule has 5 heteroatoms. The average molecular weight is 320 g/mol. The van der Waals surface area contributed by atoms with Gasteiger partial charge in [-0.25, -0.2) is 4.98 Å². The highest BCUT2D eigenvalue weighted by Gasteiger charge is 2.19. The van der Waals surface area contributed by atoms with Crippen LogP contribution >= 0.6 is 12.2 Å². The first-order valence-corrected chi connectivity index (χ1v) is 7.86. The number of benzene rings is 2. The molecule has 2 aromatic carbocycles. The van der Waals surface area contributed by atoms with Crippen LogP contribution in [0.2, 0.25) is 0 Å². The van der Waals surface area contributed by atoms with E-state index < -0.39 is 0 Å². The summed E-state index contributed by atoms with van der Waals surface area (Å²) in [6.45, 7) is 2.00. The predicted molar refractivity (Wildman–Crippen MR) is 98.2 cm³/mol. The Morgan fingerprint density at radius 3 is 2.39 bits per heavy atom. The quantitative estimate of drug-likeness (QED) is 0.568. The van der Waals surface area contributed by atoms with E-state index in [1.54, 1.807) is 0 Å². The van der Waals surface area contributed by atoms with E-state index in [1.807, 2.05) is 56.4 Å². The van der Waals surface area contributed by atoms with Crippen LogP contribution in [-0.2, 0) is 7.05 Å². The van der Waals surface area contributed by atoms with Gasteiger partial charge in [-0.1, -0.05) is 42.5 Å². The Balaban J connectivity index is 1.91. The van der Waals surface area contributed by atoms with Crippen LogP contribution in [0.1, 0.15) is 11.4 Å². The average Bonchev–Trinajstić information content (AvgIpc) is 3.04. The second-order valence-corrected chi connectivity index (χ2v) is 5.96. The standard InChI is InChI=1S/C18H16N4S/c1-12-16(17(23)20-13-8-4-3-5-9-13)22-15-11-7-6-10-14(15)21(2)18(22)19-12/h3-11H,1-2H3,(H,20,23). The maximum atomic E-state index is 5.66. The first-order valence-electron chi connectivity index (χ1n) is 7.45. The van der Waals surface area contributed by atoms with E-state index in [1.165, 1.54) is 0 Å². The molecule has 0 radical (unpaired) electrons. The molecule has 0 saturated heterocycles. The molecule has 0 spiro atoms. The van der Waals surface area contributed by atoms with Crippen molar-refractivity contribution in [2.24, 2.45) is 7.05 Å². The zero-order valence-corrected chi connectivity index (χ0v) is 13.8. The smallest absolute Gasteiger partial charge is 0.215 e. The molecule has 0 amide bonds. The van der Waals surface area contributed by atoms with Crippen molar-refractivity contribution < 1.29 is 0 Å². The second-order valence-electron chi connectivity index (χ2n) is 5.55. The molecule has 0 saturated carbocycles. The summed E-state index contributed by atoms with van der Waals surface area (Å²) in [5.41, 5.74) is 5.09. The van der Waals surface area contributed by atoms with Crippen molar-refractivity contribution in [1.29, 1.82) is 0 Å². The number of imidazole rings is 2. The molecular weight excluding hydrogens is 304 g/mol. The van der Waals surface area contributed by atoms with Crippen LogP contribution in [0.25, 0.3) is 16.8 Å². The van der Waals surface area contributed by atoms with Gasteiger partial charge in [-0.15, -0.1) is 0 Å². The normalized spacial score (nSPS) is 11.2. The number of nitrogens with zero attached hydrogens (tertiary/aromatic N) is 3. The van der Waals surface area contributed by atoms with Gasteiger partial charge in [0.15, 0.2) is 0 Å². The number of nitrogens with one attached hydrogen (secondary N) is 1. The van der Waals surface area contributed by atoms with Crippen LogP contribution in [0.4, 0.5) is 5.69 Å². The fourth-order valence-corrected chi connectivity index (χ4v) is 3.35. The Labute approximate surface area is 139 Å². The Morgan fingerprint density at radius 2 is 1.65 bits per heavy atom. The largest absolute Gasteiger partial charge is 0.345 e. The van der Waals surface area contributed by atoms with Gasteiger partial charge in [0, 0.05) is 12.7 Å². The van der Waals surface area contributed by atoms with E-state index in [2.05, 4.69) is 26.4 Å². The molecule has 4 rings (SSSR count). The van der Waals surface area contributed by atoms with Crippen LogP contribution < -0.4 is 5.32 Å². The summed E-state index contributed by atoms with van der Waals surface area (Å²) < 4.78 is 4.22. The molecule has 0 atom stereocenters. The Bertz CT molecular complexity index is 1030. The highest BCUT2D eigenvalue weighted by Crippen LogP contribution is 2.24. The van der Waals surface area contributed by atoms with E-state index in [0.29, 0.717) is 4.99 Å².